The first-order valence-electron chi connectivity index (χ1n) is 6.56. The number of ether oxygens (including phenoxy) is 2. The summed E-state index contributed by atoms with van der Waals surface area (Å²) in [5.74, 6) is 1.03. The predicted molar refractivity (Wildman–Crippen MR) is 72.2 cm³/mol. The minimum Gasteiger partial charge on any atom is -0.493 e. The predicted octanol–water partition coefficient (Wildman–Crippen LogP) is 0.644. The number of amides is 1. The van der Waals surface area contributed by atoms with E-state index in [1.54, 1.807) is 0 Å². The van der Waals surface area contributed by atoms with Crippen LogP contribution in [0.2, 0.25) is 0 Å². The van der Waals surface area contributed by atoms with E-state index in [4.69, 9.17) is 15.2 Å². The van der Waals surface area contributed by atoms with Gasteiger partial charge in [-0.2, -0.15) is 0 Å². The average Bonchev–Trinajstić information content (AvgIpc) is 2.42. The topological polar surface area (TPSA) is 73.6 Å². The summed E-state index contributed by atoms with van der Waals surface area (Å²) in [7, 11) is 0. The van der Waals surface area contributed by atoms with E-state index >= 15 is 0 Å². The number of para-hydroxylation sites is 1. The Morgan fingerprint density at radius 1 is 1.47 bits per heavy atom. The van der Waals surface area contributed by atoms with Gasteiger partial charge in [0.15, 0.2) is 0 Å². The highest BCUT2D eigenvalue weighted by molar-refractivity contribution is 5.74. The van der Waals surface area contributed by atoms with Gasteiger partial charge in [0.05, 0.1) is 13.2 Å². The van der Waals surface area contributed by atoms with E-state index in [1.165, 1.54) is 5.56 Å². The molecule has 0 bridgehead atoms. The van der Waals surface area contributed by atoms with Crippen LogP contribution in [0.25, 0.3) is 0 Å². The van der Waals surface area contributed by atoms with Crippen molar-refractivity contribution in [3.8, 4) is 5.75 Å². The van der Waals surface area contributed by atoms with Gasteiger partial charge >= 0.3 is 0 Å². The summed E-state index contributed by atoms with van der Waals surface area (Å²) in [6, 6.07) is 8.16. The number of rotatable bonds is 7. The molecule has 1 aromatic carbocycles. The number of primary amides is 1. The van der Waals surface area contributed by atoms with E-state index in [9.17, 15) is 4.79 Å². The third kappa shape index (κ3) is 4.22. The van der Waals surface area contributed by atoms with Crippen molar-refractivity contribution in [2.45, 2.75) is 12.3 Å². The fraction of sp³-hybridized carbons (Fsp3) is 0.500. The second-order valence-corrected chi connectivity index (χ2v) is 4.59. The van der Waals surface area contributed by atoms with Crippen molar-refractivity contribution in [3.63, 3.8) is 0 Å². The fourth-order valence-electron chi connectivity index (χ4n) is 2.22. The van der Waals surface area contributed by atoms with Crippen LogP contribution in [-0.2, 0) is 9.53 Å². The molecule has 0 aromatic heterocycles. The third-order valence-electron chi connectivity index (χ3n) is 3.14. The second-order valence-electron chi connectivity index (χ2n) is 4.59. The lowest BCUT2D eigenvalue weighted by Gasteiger charge is -2.26. The Labute approximate surface area is 113 Å². The summed E-state index contributed by atoms with van der Waals surface area (Å²) >= 11 is 0. The van der Waals surface area contributed by atoms with Crippen molar-refractivity contribution in [1.29, 1.82) is 0 Å². The van der Waals surface area contributed by atoms with Crippen molar-refractivity contribution in [3.05, 3.63) is 29.8 Å². The van der Waals surface area contributed by atoms with Crippen LogP contribution in [0.1, 0.15) is 17.9 Å². The summed E-state index contributed by atoms with van der Waals surface area (Å²) in [6.07, 6.45) is 1.02. The van der Waals surface area contributed by atoms with Gasteiger partial charge in [-0.25, -0.2) is 0 Å². The monoisotopic (exact) mass is 264 g/mol. The maximum atomic E-state index is 10.5. The summed E-state index contributed by atoms with van der Waals surface area (Å²) in [6.45, 7) is 2.85. The SMILES string of the molecule is NC(=O)COCCNCC1CCOc2ccccc21. The van der Waals surface area contributed by atoms with Gasteiger partial charge in [-0.3, -0.25) is 4.79 Å². The highest BCUT2D eigenvalue weighted by Crippen LogP contribution is 2.32. The van der Waals surface area contributed by atoms with Gasteiger partial charge in [-0.15, -0.1) is 0 Å². The quantitative estimate of drug-likeness (QED) is 0.709. The molecule has 1 amide bonds. The Balaban J connectivity index is 1.71. The Hall–Kier alpha value is -1.59. The first-order chi connectivity index (χ1) is 9.27. The maximum Gasteiger partial charge on any atom is 0.243 e. The van der Waals surface area contributed by atoms with Crippen LogP contribution in [0, 0.1) is 0 Å². The molecule has 2 rings (SSSR count). The standard InChI is InChI=1S/C14H20N2O3/c15-14(17)10-18-8-6-16-9-11-5-7-19-13-4-2-1-3-12(11)13/h1-4,11,16H,5-10H2,(H2,15,17). The molecule has 1 aliphatic heterocycles. The Bertz CT molecular complexity index is 423. The molecule has 0 radical (unpaired) electrons. The lowest BCUT2D eigenvalue weighted by atomic mass is 9.93. The van der Waals surface area contributed by atoms with Crippen LogP contribution in [0.15, 0.2) is 24.3 Å². The zero-order chi connectivity index (χ0) is 13.5. The fourth-order valence-corrected chi connectivity index (χ4v) is 2.22. The molecule has 19 heavy (non-hydrogen) atoms. The molecule has 1 atom stereocenters. The summed E-state index contributed by atoms with van der Waals surface area (Å²) in [4.78, 5) is 10.5. The smallest absolute Gasteiger partial charge is 0.243 e. The van der Waals surface area contributed by atoms with E-state index in [0.29, 0.717) is 19.1 Å². The molecule has 3 N–H and O–H groups in total. The molecule has 0 saturated carbocycles. The zero-order valence-corrected chi connectivity index (χ0v) is 10.9. The Morgan fingerprint density at radius 2 is 2.32 bits per heavy atom. The van der Waals surface area contributed by atoms with E-state index in [1.807, 2.05) is 18.2 Å². The van der Waals surface area contributed by atoms with Gasteiger partial charge < -0.3 is 20.5 Å². The minimum absolute atomic E-state index is 0.0121. The van der Waals surface area contributed by atoms with Gasteiger partial charge in [-0.1, -0.05) is 18.2 Å². The van der Waals surface area contributed by atoms with Gasteiger partial charge in [0, 0.05) is 19.0 Å². The largest absolute Gasteiger partial charge is 0.493 e. The molecular weight excluding hydrogens is 244 g/mol. The van der Waals surface area contributed by atoms with Crippen molar-refractivity contribution in [2.24, 2.45) is 5.73 Å². The van der Waals surface area contributed by atoms with Crippen molar-refractivity contribution in [2.75, 3.05) is 32.9 Å². The molecule has 0 spiro atoms. The highest BCUT2D eigenvalue weighted by atomic mass is 16.5. The second kappa shape index (κ2) is 7.11. The van der Waals surface area contributed by atoms with Crippen molar-refractivity contribution >= 4 is 5.91 Å². The van der Waals surface area contributed by atoms with Gasteiger partial charge in [0.25, 0.3) is 0 Å². The maximum absolute atomic E-state index is 10.5. The number of hydrogen-bond acceptors (Lipinski definition) is 4. The number of nitrogens with two attached hydrogens (primary N) is 1. The van der Waals surface area contributed by atoms with Gasteiger partial charge in [0.1, 0.15) is 12.4 Å². The average molecular weight is 264 g/mol. The van der Waals surface area contributed by atoms with E-state index in [0.717, 1.165) is 25.3 Å². The molecule has 104 valence electrons. The molecule has 1 unspecified atom stereocenters. The Kier molecular flexibility index (Phi) is 5.18. The van der Waals surface area contributed by atoms with Crippen LogP contribution in [-0.4, -0.2) is 38.8 Å². The number of fused-ring (bicyclic) bond motifs is 1. The van der Waals surface area contributed by atoms with Crippen LogP contribution < -0.4 is 15.8 Å². The van der Waals surface area contributed by atoms with Crippen molar-refractivity contribution < 1.29 is 14.3 Å². The molecular formula is C14H20N2O3. The molecule has 1 aliphatic rings. The minimum atomic E-state index is -0.432. The molecule has 5 heteroatoms. The van der Waals surface area contributed by atoms with E-state index in [2.05, 4.69) is 11.4 Å². The third-order valence-corrected chi connectivity index (χ3v) is 3.14. The molecule has 1 aromatic rings. The van der Waals surface area contributed by atoms with Crippen LogP contribution in [0.3, 0.4) is 0 Å². The summed E-state index contributed by atoms with van der Waals surface area (Å²) in [5, 5.41) is 3.34. The molecule has 0 saturated heterocycles. The summed E-state index contributed by atoms with van der Waals surface area (Å²) < 4.78 is 10.7. The summed E-state index contributed by atoms with van der Waals surface area (Å²) in [5.41, 5.74) is 6.24. The lowest BCUT2D eigenvalue weighted by molar-refractivity contribution is -0.122. The van der Waals surface area contributed by atoms with Crippen LogP contribution >= 0.6 is 0 Å². The van der Waals surface area contributed by atoms with Gasteiger partial charge in [-0.05, 0) is 18.1 Å². The van der Waals surface area contributed by atoms with Crippen LogP contribution in [0.5, 0.6) is 5.75 Å². The molecule has 0 fully saturated rings. The number of hydrogen-bond donors (Lipinski definition) is 2. The molecule has 5 nitrogen and oxygen atoms in total. The number of carbonyl (C=O) groups excluding carboxylic acids is 1. The number of carbonyl (C=O) groups is 1. The normalized spacial score (nSPS) is 17.6. The highest BCUT2D eigenvalue weighted by Gasteiger charge is 2.20. The molecule has 1 heterocycles. The number of nitrogens with one attached hydrogen (secondary N) is 1. The van der Waals surface area contributed by atoms with E-state index < -0.39 is 5.91 Å². The number of benzene rings is 1. The Morgan fingerprint density at radius 3 is 3.16 bits per heavy atom. The van der Waals surface area contributed by atoms with Gasteiger partial charge in [0.2, 0.25) is 5.91 Å². The zero-order valence-electron chi connectivity index (χ0n) is 10.9. The first kappa shape index (κ1) is 13.8. The van der Waals surface area contributed by atoms with E-state index in [-0.39, 0.29) is 6.61 Å². The van der Waals surface area contributed by atoms with Crippen LogP contribution in [0.4, 0.5) is 0 Å². The first-order valence-corrected chi connectivity index (χ1v) is 6.56. The lowest BCUT2D eigenvalue weighted by Crippen LogP contribution is -2.29. The van der Waals surface area contributed by atoms with Crippen molar-refractivity contribution in [1.82, 2.24) is 5.32 Å². The molecule has 0 aliphatic carbocycles.